The molecule has 1 saturated heterocycles. The first kappa shape index (κ1) is 13.3. The largest absolute Gasteiger partial charge is 0.296 e. The van der Waals surface area contributed by atoms with Gasteiger partial charge < -0.3 is 0 Å². The Morgan fingerprint density at radius 3 is 2.17 bits per heavy atom. The van der Waals surface area contributed by atoms with Crippen molar-refractivity contribution in [1.82, 2.24) is 4.90 Å². The van der Waals surface area contributed by atoms with Gasteiger partial charge in [-0.15, -0.1) is 0 Å². The average Bonchev–Trinajstić information content (AvgIpc) is 2.33. The quantitative estimate of drug-likeness (QED) is 0.760. The monoisotopic (exact) mass is 245 g/mol. The van der Waals surface area contributed by atoms with E-state index >= 15 is 0 Å². The van der Waals surface area contributed by atoms with Crippen molar-refractivity contribution in [3.05, 3.63) is 35.4 Å². The molecule has 98 valence electrons. The fourth-order valence-corrected chi connectivity index (χ4v) is 2.50. The maximum absolute atomic E-state index is 12.2. The molecule has 0 unspecified atom stereocenters. The molecule has 0 aromatic heterocycles. The normalized spacial score (nSPS) is 18.1. The van der Waals surface area contributed by atoms with Crippen LogP contribution in [0.15, 0.2) is 24.3 Å². The highest BCUT2D eigenvalue weighted by atomic mass is 16.1. The minimum absolute atomic E-state index is 0.260. The molecule has 1 fully saturated rings. The van der Waals surface area contributed by atoms with Crippen LogP contribution in [0.5, 0.6) is 0 Å². The number of nitrogens with zero attached hydrogens (tertiary/aromatic N) is 1. The van der Waals surface area contributed by atoms with Crippen LogP contribution in [0.25, 0.3) is 0 Å². The van der Waals surface area contributed by atoms with Gasteiger partial charge in [-0.05, 0) is 32.9 Å². The first-order chi connectivity index (χ1) is 8.75. The van der Waals surface area contributed by atoms with E-state index in [0.29, 0.717) is 6.54 Å². The van der Waals surface area contributed by atoms with Crippen molar-refractivity contribution in [2.45, 2.75) is 39.0 Å². The fraction of sp³-hybridized carbons (Fsp3) is 0.562. The Morgan fingerprint density at radius 1 is 1.00 bits per heavy atom. The Bertz CT molecular complexity index is 375. The number of Topliss-reactive ketones (excluding diaryl/α,β-unsaturated/α-hetero) is 1. The molecule has 0 N–H and O–H groups in total. The number of rotatable bonds is 3. The van der Waals surface area contributed by atoms with Gasteiger partial charge in [-0.3, -0.25) is 9.69 Å². The number of carbonyl (C=O) groups excluding carboxylic acids is 1. The molecule has 0 bridgehead atoms. The molecule has 1 aliphatic heterocycles. The van der Waals surface area contributed by atoms with E-state index in [2.05, 4.69) is 4.90 Å². The van der Waals surface area contributed by atoms with Crippen LogP contribution in [0.1, 0.15) is 48.0 Å². The number of hydrogen-bond donors (Lipinski definition) is 0. The second-order valence-electron chi connectivity index (χ2n) is 5.33. The summed E-state index contributed by atoms with van der Waals surface area (Å²) in [5, 5.41) is 0. The molecule has 0 amide bonds. The molecule has 0 radical (unpaired) electrons. The Kier molecular flexibility index (Phi) is 4.94. The molecule has 1 aliphatic rings. The first-order valence-corrected chi connectivity index (χ1v) is 7.08. The van der Waals surface area contributed by atoms with Crippen LogP contribution in [-0.4, -0.2) is 30.3 Å². The molecular formula is C16H23NO. The van der Waals surface area contributed by atoms with Crippen molar-refractivity contribution in [3.8, 4) is 0 Å². The van der Waals surface area contributed by atoms with Gasteiger partial charge in [0.2, 0.25) is 0 Å². The third-order valence-electron chi connectivity index (χ3n) is 3.69. The lowest BCUT2D eigenvalue weighted by Gasteiger charge is -2.23. The van der Waals surface area contributed by atoms with Crippen LogP contribution in [0.2, 0.25) is 0 Å². The predicted molar refractivity (Wildman–Crippen MR) is 75.0 cm³/mol. The third-order valence-corrected chi connectivity index (χ3v) is 3.69. The molecule has 2 nitrogen and oxygen atoms in total. The van der Waals surface area contributed by atoms with E-state index in [1.54, 1.807) is 0 Å². The maximum Gasteiger partial charge on any atom is 0.176 e. The highest BCUT2D eigenvalue weighted by Crippen LogP contribution is 2.11. The van der Waals surface area contributed by atoms with Gasteiger partial charge in [0.15, 0.2) is 5.78 Å². The minimum atomic E-state index is 0.260. The van der Waals surface area contributed by atoms with Crippen molar-refractivity contribution in [1.29, 1.82) is 0 Å². The Hall–Kier alpha value is -1.15. The van der Waals surface area contributed by atoms with Crippen LogP contribution in [0.3, 0.4) is 0 Å². The molecule has 0 aliphatic carbocycles. The maximum atomic E-state index is 12.2. The van der Waals surface area contributed by atoms with Gasteiger partial charge in [0.05, 0.1) is 6.54 Å². The molecule has 0 saturated carbocycles. The van der Waals surface area contributed by atoms with E-state index in [1.165, 1.54) is 37.7 Å². The van der Waals surface area contributed by atoms with Crippen molar-refractivity contribution in [2.75, 3.05) is 19.6 Å². The molecule has 2 heteroatoms. The fourth-order valence-electron chi connectivity index (χ4n) is 2.50. The number of hydrogen-bond acceptors (Lipinski definition) is 2. The molecule has 1 heterocycles. The summed E-state index contributed by atoms with van der Waals surface area (Å²) in [6.07, 6.45) is 6.46. The topological polar surface area (TPSA) is 20.3 Å². The minimum Gasteiger partial charge on any atom is -0.296 e. The smallest absolute Gasteiger partial charge is 0.176 e. The van der Waals surface area contributed by atoms with E-state index in [-0.39, 0.29) is 5.78 Å². The Balaban J connectivity index is 1.91. The van der Waals surface area contributed by atoms with Gasteiger partial charge in [-0.1, -0.05) is 49.1 Å². The first-order valence-electron chi connectivity index (χ1n) is 7.08. The molecular weight excluding hydrogens is 222 g/mol. The lowest BCUT2D eigenvalue weighted by molar-refractivity contribution is 0.0924. The molecule has 2 rings (SSSR count). The van der Waals surface area contributed by atoms with E-state index < -0.39 is 0 Å². The highest BCUT2D eigenvalue weighted by molar-refractivity contribution is 5.97. The van der Waals surface area contributed by atoms with E-state index in [1.807, 2.05) is 31.2 Å². The third kappa shape index (κ3) is 3.95. The van der Waals surface area contributed by atoms with Crippen LogP contribution in [-0.2, 0) is 0 Å². The number of ketones is 1. The summed E-state index contributed by atoms with van der Waals surface area (Å²) < 4.78 is 0. The number of benzene rings is 1. The summed E-state index contributed by atoms with van der Waals surface area (Å²) in [6, 6.07) is 7.92. The van der Waals surface area contributed by atoms with Gasteiger partial charge in [-0.2, -0.15) is 0 Å². The van der Waals surface area contributed by atoms with Gasteiger partial charge in [0.25, 0.3) is 0 Å². The average molecular weight is 245 g/mol. The molecule has 0 spiro atoms. The zero-order valence-corrected chi connectivity index (χ0v) is 11.3. The number of aryl methyl sites for hydroxylation is 1. The zero-order chi connectivity index (χ0) is 12.8. The van der Waals surface area contributed by atoms with Crippen LogP contribution in [0.4, 0.5) is 0 Å². The van der Waals surface area contributed by atoms with E-state index in [9.17, 15) is 4.79 Å². The number of carbonyl (C=O) groups is 1. The molecule has 0 atom stereocenters. The van der Waals surface area contributed by atoms with E-state index in [4.69, 9.17) is 0 Å². The summed E-state index contributed by atoms with van der Waals surface area (Å²) in [5.74, 6) is 0.260. The zero-order valence-electron chi connectivity index (χ0n) is 11.3. The summed E-state index contributed by atoms with van der Waals surface area (Å²) >= 11 is 0. The summed E-state index contributed by atoms with van der Waals surface area (Å²) in [4.78, 5) is 14.5. The predicted octanol–water partition coefficient (Wildman–Crippen LogP) is 3.44. The summed E-state index contributed by atoms with van der Waals surface area (Å²) in [5.41, 5.74) is 2.06. The lowest BCUT2D eigenvalue weighted by Crippen LogP contribution is -2.32. The van der Waals surface area contributed by atoms with Crippen LogP contribution in [0, 0.1) is 6.92 Å². The Labute approximate surface area is 110 Å². The summed E-state index contributed by atoms with van der Waals surface area (Å²) in [6.45, 7) is 4.80. The SMILES string of the molecule is Cc1ccc(C(=O)CN2CCCCCCC2)cc1. The summed E-state index contributed by atoms with van der Waals surface area (Å²) in [7, 11) is 0. The van der Waals surface area contributed by atoms with Gasteiger partial charge in [-0.25, -0.2) is 0 Å². The lowest BCUT2D eigenvalue weighted by atomic mass is 10.1. The van der Waals surface area contributed by atoms with Crippen molar-refractivity contribution in [3.63, 3.8) is 0 Å². The molecule has 1 aromatic rings. The Morgan fingerprint density at radius 2 is 1.56 bits per heavy atom. The van der Waals surface area contributed by atoms with Crippen molar-refractivity contribution >= 4 is 5.78 Å². The van der Waals surface area contributed by atoms with Crippen molar-refractivity contribution in [2.24, 2.45) is 0 Å². The second kappa shape index (κ2) is 6.69. The van der Waals surface area contributed by atoms with Gasteiger partial charge in [0, 0.05) is 5.56 Å². The molecule has 18 heavy (non-hydrogen) atoms. The number of likely N-dealkylation sites (tertiary alicyclic amines) is 1. The second-order valence-corrected chi connectivity index (χ2v) is 5.33. The standard InChI is InChI=1S/C16H23NO/c1-14-7-9-15(10-8-14)16(18)13-17-11-5-3-2-4-6-12-17/h7-10H,2-6,11-13H2,1H3. The van der Waals surface area contributed by atoms with Crippen LogP contribution < -0.4 is 0 Å². The van der Waals surface area contributed by atoms with Crippen molar-refractivity contribution < 1.29 is 4.79 Å². The van der Waals surface area contributed by atoms with E-state index in [0.717, 1.165) is 18.7 Å². The van der Waals surface area contributed by atoms with Gasteiger partial charge in [0.1, 0.15) is 0 Å². The van der Waals surface area contributed by atoms with Gasteiger partial charge >= 0.3 is 0 Å². The highest BCUT2D eigenvalue weighted by Gasteiger charge is 2.13. The molecule has 1 aromatic carbocycles. The van der Waals surface area contributed by atoms with Crippen LogP contribution >= 0.6 is 0 Å².